The molecular weight excluding hydrogens is 312 g/mol. The van der Waals surface area contributed by atoms with Crippen LogP contribution in [0, 0.1) is 0 Å². The molecule has 0 heterocycles. The van der Waals surface area contributed by atoms with Gasteiger partial charge in [0, 0.05) is 11.6 Å². The minimum atomic E-state index is -3.58. The Hall–Kier alpha value is -1.27. The maximum atomic E-state index is 12.1. The lowest BCUT2D eigenvalue weighted by Gasteiger charge is -2.28. The topological polar surface area (TPSA) is 66.5 Å². The molecule has 21 heavy (non-hydrogen) atoms. The van der Waals surface area contributed by atoms with E-state index in [1.54, 1.807) is 31.2 Å². The summed E-state index contributed by atoms with van der Waals surface area (Å²) in [6.07, 6.45) is 2.90. The van der Waals surface area contributed by atoms with E-state index in [9.17, 15) is 13.2 Å². The number of hydrogen-bond donors (Lipinski definition) is 1. The van der Waals surface area contributed by atoms with Crippen molar-refractivity contribution in [3.63, 3.8) is 0 Å². The summed E-state index contributed by atoms with van der Waals surface area (Å²) >= 11 is 5.81. The number of anilines is 1. The maximum absolute atomic E-state index is 12.1. The van der Waals surface area contributed by atoms with E-state index < -0.39 is 16.1 Å². The van der Waals surface area contributed by atoms with Crippen molar-refractivity contribution in [1.29, 1.82) is 0 Å². The summed E-state index contributed by atoms with van der Waals surface area (Å²) in [6, 6.07) is 5.53. The first kappa shape index (κ1) is 17.8. The molecule has 0 bridgehead atoms. The van der Waals surface area contributed by atoms with Crippen LogP contribution in [0.4, 0.5) is 5.69 Å². The van der Waals surface area contributed by atoms with E-state index in [0.717, 1.165) is 23.4 Å². The van der Waals surface area contributed by atoms with Crippen LogP contribution in [0.1, 0.15) is 26.7 Å². The third-order valence-electron chi connectivity index (χ3n) is 3.00. The summed E-state index contributed by atoms with van der Waals surface area (Å²) in [5, 5.41) is 3.25. The van der Waals surface area contributed by atoms with Crippen molar-refractivity contribution < 1.29 is 13.2 Å². The molecule has 0 radical (unpaired) electrons. The summed E-state index contributed by atoms with van der Waals surface area (Å²) in [6.45, 7) is 4.13. The highest BCUT2D eigenvalue weighted by atomic mass is 35.5. The summed E-state index contributed by atoms with van der Waals surface area (Å²) in [7, 11) is -3.58. The van der Waals surface area contributed by atoms with Gasteiger partial charge in [-0.25, -0.2) is 8.42 Å². The largest absolute Gasteiger partial charge is 0.354 e. The molecule has 118 valence electrons. The quantitative estimate of drug-likeness (QED) is 0.780. The average molecular weight is 333 g/mol. The minimum Gasteiger partial charge on any atom is -0.354 e. The number of amides is 1. The standard InChI is InChI=1S/C14H21ClN2O3S/c1-4-5-10-16-14(18)11(2)17(21(3,19)20)13-8-6-12(15)7-9-13/h6-9,11H,4-5,10H2,1-3H3,(H,16,18)/t11-/m0/s1. The second-order valence-corrected chi connectivity index (χ2v) is 7.15. The highest BCUT2D eigenvalue weighted by Crippen LogP contribution is 2.22. The number of unbranched alkanes of at least 4 members (excludes halogenated alkanes) is 1. The first-order valence-electron chi connectivity index (χ1n) is 6.80. The van der Waals surface area contributed by atoms with Crippen LogP contribution in [0.2, 0.25) is 5.02 Å². The molecular formula is C14H21ClN2O3S. The Morgan fingerprint density at radius 1 is 1.33 bits per heavy atom. The van der Waals surface area contributed by atoms with Gasteiger partial charge in [-0.15, -0.1) is 0 Å². The molecule has 5 nitrogen and oxygen atoms in total. The van der Waals surface area contributed by atoms with E-state index in [0.29, 0.717) is 17.3 Å². The molecule has 0 unspecified atom stereocenters. The van der Waals surface area contributed by atoms with Gasteiger partial charge >= 0.3 is 0 Å². The van der Waals surface area contributed by atoms with E-state index in [2.05, 4.69) is 5.32 Å². The summed E-state index contributed by atoms with van der Waals surface area (Å²) < 4.78 is 25.1. The molecule has 1 atom stereocenters. The monoisotopic (exact) mass is 332 g/mol. The number of halogens is 1. The lowest BCUT2D eigenvalue weighted by Crippen LogP contribution is -2.48. The first-order chi connectivity index (χ1) is 9.77. The fourth-order valence-electron chi connectivity index (χ4n) is 1.93. The van der Waals surface area contributed by atoms with Crippen molar-refractivity contribution >= 4 is 33.2 Å². The Bertz CT molecular complexity index is 572. The van der Waals surface area contributed by atoms with Crippen LogP contribution in [0.3, 0.4) is 0 Å². The number of carbonyl (C=O) groups excluding carboxylic acids is 1. The van der Waals surface area contributed by atoms with Gasteiger partial charge in [-0.1, -0.05) is 24.9 Å². The SMILES string of the molecule is CCCCNC(=O)[C@H](C)N(c1ccc(Cl)cc1)S(C)(=O)=O. The van der Waals surface area contributed by atoms with Crippen LogP contribution < -0.4 is 9.62 Å². The lowest BCUT2D eigenvalue weighted by atomic mass is 10.2. The second kappa shape index (κ2) is 7.66. The average Bonchev–Trinajstić information content (AvgIpc) is 2.39. The Balaban J connectivity index is 2.98. The molecule has 0 aliphatic rings. The van der Waals surface area contributed by atoms with E-state index in [1.165, 1.54) is 0 Å². The van der Waals surface area contributed by atoms with Gasteiger partial charge in [0.25, 0.3) is 0 Å². The van der Waals surface area contributed by atoms with Crippen molar-refractivity contribution in [3.05, 3.63) is 29.3 Å². The van der Waals surface area contributed by atoms with Crippen LogP contribution in [0.15, 0.2) is 24.3 Å². The van der Waals surface area contributed by atoms with Gasteiger partial charge < -0.3 is 5.32 Å². The van der Waals surface area contributed by atoms with E-state index in [1.807, 2.05) is 6.92 Å². The molecule has 0 saturated carbocycles. The number of rotatable bonds is 7. The number of hydrogen-bond acceptors (Lipinski definition) is 3. The number of sulfonamides is 1. The molecule has 1 aromatic rings. The Labute approximate surface area is 131 Å². The maximum Gasteiger partial charge on any atom is 0.243 e. The number of nitrogens with one attached hydrogen (secondary N) is 1. The second-order valence-electron chi connectivity index (χ2n) is 4.86. The zero-order chi connectivity index (χ0) is 16.0. The molecule has 0 aliphatic heterocycles. The van der Waals surface area contributed by atoms with Gasteiger partial charge in [-0.2, -0.15) is 0 Å². The Morgan fingerprint density at radius 2 is 1.90 bits per heavy atom. The van der Waals surface area contributed by atoms with Crippen molar-refractivity contribution in [2.45, 2.75) is 32.7 Å². The van der Waals surface area contributed by atoms with Crippen molar-refractivity contribution in [2.24, 2.45) is 0 Å². The third-order valence-corrected chi connectivity index (χ3v) is 4.49. The molecule has 1 rings (SSSR count). The van der Waals surface area contributed by atoms with Crippen molar-refractivity contribution in [3.8, 4) is 0 Å². The highest BCUT2D eigenvalue weighted by Gasteiger charge is 2.28. The number of carbonyl (C=O) groups is 1. The van der Waals surface area contributed by atoms with Crippen LogP contribution in [0.25, 0.3) is 0 Å². The third kappa shape index (κ3) is 5.21. The predicted molar refractivity (Wildman–Crippen MR) is 86.2 cm³/mol. The van der Waals surface area contributed by atoms with Crippen molar-refractivity contribution in [2.75, 3.05) is 17.1 Å². The highest BCUT2D eigenvalue weighted by molar-refractivity contribution is 7.92. The molecule has 0 aliphatic carbocycles. The van der Waals surface area contributed by atoms with E-state index in [4.69, 9.17) is 11.6 Å². The number of nitrogens with zero attached hydrogens (tertiary/aromatic N) is 1. The lowest BCUT2D eigenvalue weighted by molar-refractivity contribution is -0.121. The van der Waals surface area contributed by atoms with E-state index >= 15 is 0 Å². The van der Waals surface area contributed by atoms with Crippen LogP contribution in [-0.2, 0) is 14.8 Å². The molecule has 0 aromatic heterocycles. The van der Waals surface area contributed by atoms with Gasteiger partial charge in [0.15, 0.2) is 0 Å². The zero-order valence-corrected chi connectivity index (χ0v) is 14.0. The van der Waals surface area contributed by atoms with Crippen LogP contribution in [0.5, 0.6) is 0 Å². The van der Waals surface area contributed by atoms with Gasteiger partial charge in [0.1, 0.15) is 6.04 Å². The molecule has 0 spiro atoms. The summed E-state index contributed by atoms with van der Waals surface area (Å²) in [4.78, 5) is 12.1. The number of benzene rings is 1. The van der Waals surface area contributed by atoms with Gasteiger partial charge in [0.2, 0.25) is 15.9 Å². The van der Waals surface area contributed by atoms with Crippen LogP contribution >= 0.6 is 11.6 Å². The molecule has 1 aromatic carbocycles. The molecule has 7 heteroatoms. The minimum absolute atomic E-state index is 0.316. The molecule has 0 fully saturated rings. The fourth-order valence-corrected chi connectivity index (χ4v) is 3.23. The normalized spacial score (nSPS) is 12.8. The fraction of sp³-hybridized carbons (Fsp3) is 0.500. The Morgan fingerprint density at radius 3 is 2.38 bits per heavy atom. The summed E-state index contributed by atoms with van der Waals surface area (Å²) in [5.74, 6) is -0.316. The smallest absolute Gasteiger partial charge is 0.243 e. The zero-order valence-electron chi connectivity index (χ0n) is 12.5. The summed E-state index contributed by atoms with van der Waals surface area (Å²) in [5.41, 5.74) is 0.417. The molecule has 1 N–H and O–H groups in total. The Kier molecular flexibility index (Phi) is 6.48. The van der Waals surface area contributed by atoms with Gasteiger partial charge in [-0.3, -0.25) is 9.10 Å². The first-order valence-corrected chi connectivity index (χ1v) is 9.02. The van der Waals surface area contributed by atoms with Gasteiger partial charge in [0.05, 0.1) is 11.9 Å². The van der Waals surface area contributed by atoms with E-state index in [-0.39, 0.29) is 5.91 Å². The molecule has 0 saturated heterocycles. The van der Waals surface area contributed by atoms with Crippen molar-refractivity contribution in [1.82, 2.24) is 5.32 Å². The molecule has 1 amide bonds. The predicted octanol–water partition coefficient (Wildman–Crippen LogP) is 2.41. The van der Waals surface area contributed by atoms with Gasteiger partial charge in [-0.05, 0) is 37.6 Å². The van der Waals surface area contributed by atoms with Crippen LogP contribution in [-0.4, -0.2) is 33.2 Å².